The highest BCUT2D eigenvalue weighted by Crippen LogP contribution is 2.29. The first-order valence-corrected chi connectivity index (χ1v) is 8.10. The summed E-state index contributed by atoms with van der Waals surface area (Å²) in [6.45, 7) is 0. The number of phenolic OH excluding ortho intramolecular Hbond substituents is 1. The highest BCUT2D eigenvalue weighted by Gasteiger charge is 2.34. The van der Waals surface area contributed by atoms with Gasteiger partial charge in [-0.2, -0.15) is 0 Å². The van der Waals surface area contributed by atoms with Crippen molar-refractivity contribution in [3.63, 3.8) is 0 Å². The van der Waals surface area contributed by atoms with Crippen LogP contribution >= 0.6 is 28.1 Å². The van der Waals surface area contributed by atoms with Gasteiger partial charge in [0.25, 0.3) is 5.17 Å². The third-order valence-electron chi connectivity index (χ3n) is 3.39. The molecule has 7 heteroatoms. The summed E-state index contributed by atoms with van der Waals surface area (Å²) in [5.74, 6) is 0.566. The van der Waals surface area contributed by atoms with E-state index in [1.54, 1.807) is 49.6 Å². The van der Waals surface area contributed by atoms with E-state index in [9.17, 15) is 9.90 Å². The van der Waals surface area contributed by atoms with E-state index in [0.717, 1.165) is 0 Å². The molecule has 1 N–H and O–H groups in total. The number of benzene rings is 2. The number of carbonyl (C=O) groups excluding carboxylic acids is 1. The molecule has 1 aliphatic rings. The minimum Gasteiger partial charge on any atom is -0.507 e. The fraction of sp³-hybridized carbons (Fsp3) is 0.0588. The van der Waals surface area contributed by atoms with Crippen LogP contribution in [-0.2, 0) is 9.53 Å². The van der Waals surface area contributed by atoms with E-state index in [0.29, 0.717) is 21.5 Å². The van der Waals surface area contributed by atoms with Gasteiger partial charge in [-0.25, -0.2) is 4.90 Å². The lowest BCUT2D eigenvalue weighted by molar-refractivity contribution is -0.114. The third-order valence-corrected chi connectivity index (χ3v) is 4.29. The summed E-state index contributed by atoms with van der Waals surface area (Å²) in [4.78, 5) is 13.9. The average Bonchev–Trinajstić information content (AvgIpc) is 2.85. The molecule has 0 bridgehead atoms. The van der Waals surface area contributed by atoms with E-state index in [4.69, 9.17) is 21.7 Å². The molecule has 0 aliphatic carbocycles. The molecule has 0 atom stereocenters. The van der Waals surface area contributed by atoms with Crippen molar-refractivity contribution >= 4 is 51.0 Å². The molecule has 0 spiro atoms. The lowest BCUT2D eigenvalue weighted by Crippen LogP contribution is -2.27. The fourth-order valence-electron chi connectivity index (χ4n) is 2.19. The molecule has 2 aromatic rings. The molecule has 1 fully saturated rings. The molecule has 0 radical (unpaired) electrons. The molecule has 1 saturated heterocycles. The number of hydrogen-bond donors (Lipinski definition) is 1. The fourth-order valence-corrected chi connectivity index (χ4v) is 2.86. The predicted molar refractivity (Wildman–Crippen MR) is 97.9 cm³/mol. The SMILES string of the molecule is COc1ccc(N2C(=O)/C(=C/c3ccc(O)c(Br)c3)OC2=S)cc1. The second-order valence-corrected chi connectivity index (χ2v) is 6.13. The molecule has 3 rings (SSSR count). The normalized spacial score (nSPS) is 15.8. The second-order valence-electron chi connectivity index (χ2n) is 4.93. The number of methoxy groups -OCH3 is 1. The van der Waals surface area contributed by atoms with Crippen LogP contribution in [0, 0.1) is 0 Å². The molecule has 5 nitrogen and oxygen atoms in total. The van der Waals surface area contributed by atoms with Crippen LogP contribution in [0.1, 0.15) is 5.56 Å². The van der Waals surface area contributed by atoms with E-state index in [-0.39, 0.29) is 22.6 Å². The standard InChI is InChI=1S/C17H12BrNO4S/c1-22-12-5-3-11(4-6-12)19-16(21)15(23-17(19)24)9-10-2-7-14(20)13(18)8-10/h2-9,20H,1H3/b15-9-. The summed E-state index contributed by atoms with van der Waals surface area (Å²) in [5.41, 5.74) is 1.29. The van der Waals surface area contributed by atoms with E-state index in [2.05, 4.69) is 15.9 Å². The van der Waals surface area contributed by atoms with Gasteiger partial charge in [0.2, 0.25) is 0 Å². The number of amides is 1. The van der Waals surface area contributed by atoms with Crippen molar-refractivity contribution in [1.29, 1.82) is 0 Å². The largest absolute Gasteiger partial charge is 0.507 e. The summed E-state index contributed by atoms with van der Waals surface area (Å²) in [5, 5.41) is 9.59. The Hall–Kier alpha value is -2.38. The number of phenols is 1. The van der Waals surface area contributed by atoms with Gasteiger partial charge in [-0.3, -0.25) is 4.79 Å². The monoisotopic (exact) mass is 405 g/mol. The minimum absolute atomic E-state index is 0.0641. The summed E-state index contributed by atoms with van der Waals surface area (Å²) < 4.78 is 11.1. The number of halogens is 1. The molecule has 0 unspecified atom stereocenters. The summed E-state index contributed by atoms with van der Waals surface area (Å²) in [6, 6.07) is 11.8. The van der Waals surface area contributed by atoms with Crippen LogP contribution in [-0.4, -0.2) is 23.3 Å². The molecular formula is C17H12BrNO4S. The second kappa shape index (κ2) is 6.62. The number of nitrogens with zero attached hydrogens (tertiary/aromatic N) is 1. The van der Waals surface area contributed by atoms with Gasteiger partial charge < -0.3 is 14.6 Å². The van der Waals surface area contributed by atoms with Crippen LogP contribution in [0.2, 0.25) is 0 Å². The van der Waals surface area contributed by atoms with Crippen molar-refractivity contribution in [2.24, 2.45) is 0 Å². The topological polar surface area (TPSA) is 59.0 Å². The van der Waals surface area contributed by atoms with E-state index < -0.39 is 0 Å². The van der Waals surface area contributed by atoms with Gasteiger partial charge in [-0.1, -0.05) is 6.07 Å². The highest BCUT2D eigenvalue weighted by atomic mass is 79.9. The van der Waals surface area contributed by atoms with E-state index in [1.165, 1.54) is 11.0 Å². The lowest BCUT2D eigenvalue weighted by atomic mass is 10.2. The quantitative estimate of drug-likeness (QED) is 0.620. The zero-order valence-electron chi connectivity index (χ0n) is 12.5. The molecule has 1 amide bonds. The first-order valence-electron chi connectivity index (χ1n) is 6.90. The Balaban J connectivity index is 1.90. The average molecular weight is 406 g/mol. The summed E-state index contributed by atoms with van der Waals surface area (Å²) in [6.07, 6.45) is 1.57. The Morgan fingerprint density at radius 3 is 2.58 bits per heavy atom. The molecule has 0 saturated carbocycles. The number of rotatable bonds is 3. The van der Waals surface area contributed by atoms with Gasteiger partial charge in [0.1, 0.15) is 11.5 Å². The molecule has 1 aliphatic heterocycles. The molecule has 122 valence electrons. The molecule has 2 aromatic carbocycles. The van der Waals surface area contributed by atoms with Gasteiger partial charge in [0.05, 0.1) is 17.3 Å². The zero-order valence-corrected chi connectivity index (χ0v) is 14.9. The van der Waals surface area contributed by atoms with Gasteiger partial charge in [-0.05, 0) is 76.2 Å². The van der Waals surface area contributed by atoms with Crippen LogP contribution < -0.4 is 9.64 Å². The zero-order chi connectivity index (χ0) is 17.3. The number of anilines is 1. The van der Waals surface area contributed by atoms with Gasteiger partial charge in [0, 0.05) is 0 Å². The Morgan fingerprint density at radius 1 is 1.25 bits per heavy atom. The molecular weight excluding hydrogens is 394 g/mol. The van der Waals surface area contributed by atoms with Crippen molar-refractivity contribution in [1.82, 2.24) is 0 Å². The van der Waals surface area contributed by atoms with Crippen LogP contribution in [0.15, 0.2) is 52.7 Å². The summed E-state index contributed by atoms with van der Waals surface area (Å²) in [7, 11) is 1.57. The number of thiocarbonyl (C=S) groups is 1. The Bertz CT molecular complexity index is 848. The smallest absolute Gasteiger partial charge is 0.301 e. The van der Waals surface area contributed by atoms with Gasteiger partial charge >= 0.3 is 5.91 Å². The van der Waals surface area contributed by atoms with Crippen LogP contribution in [0.3, 0.4) is 0 Å². The first-order chi connectivity index (χ1) is 11.5. The maximum absolute atomic E-state index is 12.6. The number of aromatic hydroxyl groups is 1. The summed E-state index contributed by atoms with van der Waals surface area (Å²) >= 11 is 8.39. The van der Waals surface area contributed by atoms with Gasteiger partial charge in [-0.15, -0.1) is 0 Å². The maximum Gasteiger partial charge on any atom is 0.301 e. The molecule has 24 heavy (non-hydrogen) atoms. The lowest BCUT2D eigenvalue weighted by Gasteiger charge is -2.12. The van der Waals surface area contributed by atoms with Crippen molar-refractivity contribution in [2.75, 3.05) is 12.0 Å². The van der Waals surface area contributed by atoms with E-state index in [1.807, 2.05) is 0 Å². The van der Waals surface area contributed by atoms with E-state index >= 15 is 0 Å². The Labute approximate surface area is 152 Å². The van der Waals surface area contributed by atoms with Crippen LogP contribution in [0.5, 0.6) is 11.5 Å². The minimum atomic E-state index is -0.352. The molecule has 0 aromatic heterocycles. The number of carbonyl (C=O) groups is 1. The Kier molecular flexibility index (Phi) is 4.55. The third kappa shape index (κ3) is 3.13. The number of ether oxygens (including phenoxy) is 2. The highest BCUT2D eigenvalue weighted by molar-refractivity contribution is 9.10. The number of hydrogen-bond acceptors (Lipinski definition) is 5. The Morgan fingerprint density at radius 2 is 1.96 bits per heavy atom. The van der Waals surface area contributed by atoms with Crippen molar-refractivity contribution < 1.29 is 19.4 Å². The molecule has 1 heterocycles. The van der Waals surface area contributed by atoms with Gasteiger partial charge in [0.15, 0.2) is 5.76 Å². The first kappa shape index (κ1) is 16.5. The van der Waals surface area contributed by atoms with Crippen LogP contribution in [0.25, 0.3) is 6.08 Å². The van der Waals surface area contributed by atoms with Crippen molar-refractivity contribution in [3.8, 4) is 11.5 Å². The van der Waals surface area contributed by atoms with Crippen molar-refractivity contribution in [2.45, 2.75) is 0 Å². The van der Waals surface area contributed by atoms with Crippen LogP contribution in [0.4, 0.5) is 5.69 Å². The predicted octanol–water partition coefficient (Wildman–Crippen LogP) is 3.85. The maximum atomic E-state index is 12.6. The van der Waals surface area contributed by atoms with Crippen molar-refractivity contribution in [3.05, 3.63) is 58.3 Å².